The van der Waals surface area contributed by atoms with Gasteiger partial charge in [0.2, 0.25) is 5.92 Å². The van der Waals surface area contributed by atoms with Crippen LogP contribution in [-0.4, -0.2) is 30.4 Å². The number of thioether (sulfide) groups is 1. The molecule has 1 aliphatic carbocycles. The average Bonchev–Trinajstić information content (AvgIpc) is 3.14. The van der Waals surface area contributed by atoms with Crippen molar-refractivity contribution in [3.05, 3.63) is 42.2 Å². The molecule has 2 aromatic heterocycles. The molecule has 1 aromatic carbocycles. The number of rotatable bonds is 7. The fourth-order valence-corrected chi connectivity index (χ4v) is 4.64. The Kier molecular flexibility index (Phi) is 5.42. The Balaban J connectivity index is 1.74. The Morgan fingerprint density at radius 3 is 2.69 bits per heavy atom. The summed E-state index contributed by atoms with van der Waals surface area (Å²) < 4.78 is 34.2. The summed E-state index contributed by atoms with van der Waals surface area (Å²) in [6.45, 7) is 4.40. The fourth-order valence-electron chi connectivity index (χ4n) is 3.94. The topological polar surface area (TPSA) is 38.1 Å². The molecule has 1 N–H and O–H groups in total. The number of nitrogens with one attached hydrogen (secondary N) is 1. The fraction of sp³-hybridized carbons (Fsp3) is 0.409. The number of aryl methyl sites for hydroxylation is 1. The second kappa shape index (κ2) is 7.86. The minimum absolute atomic E-state index is 0.0908. The number of H-pyrrole nitrogens is 1. The van der Waals surface area contributed by atoms with Crippen molar-refractivity contribution in [1.82, 2.24) is 4.98 Å². The number of aromatic nitrogens is 2. The van der Waals surface area contributed by atoms with Crippen LogP contribution in [0.2, 0.25) is 0 Å². The highest BCUT2D eigenvalue weighted by Gasteiger charge is 2.45. The number of alkyl halides is 2. The Bertz CT molecular complexity index is 1030. The number of hydrogen-bond acceptors (Lipinski definition) is 3. The Labute approximate surface area is 173 Å². The lowest BCUT2D eigenvalue weighted by atomic mass is 9.82. The molecule has 7 heteroatoms. The third-order valence-corrected chi connectivity index (χ3v) is 6.15. The van der Waals surface area contributed by atoms with Crippen molar-refractivity contribution < 1.29 is 23.1 Å². The monoisotopic (exact) mass is 419 g/mol. The maximum Gasteiger partial charge on any atom is 0.326 e. The van der Waals surface area contributed by atoms with Gasteiger partial charge in [-0.25, -0.2) is 13.8 Å². The molecule has 4 rings (SSSR count). The molecule has 0 saturated heterocycles. The van der Waals surface area contributed by atoms with E-state index in [2.05, 4.69) is 24.0 Å². The van der Waals surface area contributed by atoms with Crippen molar-refractivity contribution in [2.24, 2.45) is 5.92 Å². The number of nitrogens with zero attached hydrogens (tertiary/aromatic N) is 1. The van der Waals surface area contributed by atoms with E-state index in [1.54, 1.807) is 23.6 Å². The van der Waals surface area contributed by atoms with Crippen molar-refractivity contribution in [2.75, 3.05) is 19.5 Å². The highest BCUT2D eigenvalue weighted by molar-refractivity contribution is 7.99. The molecule has 0 aliphatic heterocycles. The average molecular weight is 420 g/mol. The molecule has 1 saturated carbocycles. The van der Waals surface area contributed by atoms with Crippen LogP contribution in [0, 0.1) is 12.8 Å². The van der Waals surface area contributed by atoms with E-state index in [-0.39, 0.29) is 18.8 Å². The largest absolute Gasteiger partial charge is 0.493 e. The van der Waals surface area contributed by atoms with Crippen LogP contribution < -0.4 is 14.3 Å². The van der Waals surface area contributed by atoms with Gasteiger partial charge in [0.25, 0.3) is 0 Å². The van der Waals surface area contributed by atoms with Gasteiger partial charge < -0.3 is 9.57 Å². The summed E-state index contributed by atoms with van der Waals surface area (Å²) in [4.78, 5) is 9.88. The summed E-state index contributed by atoms with van der Waals surface area (Å²) in [7, 11) is 1.63. The maximum atomic E-state index is 13.2. The highest BCUT2D eigenvalue weighted by atomic mass is 32.2. The SMILES string of the molecule is CCSc1ccc(OCC2CC(F)(F)C2)c(-c2cc(C)[n+](OC)c3[nH]ccc23)c1. The Hall–Kier alpha value is -2.28. The highest BCUT2D eigenvalue weighted by Crippen LogP contribution is 2.43. The number of aromatic amines is 1. The van der Waals surface area contributed by atoms with Crippen LogP contribution in [0.15, 0.2) is 41.4 Å². The van der Waals surface area contributed by atoms with Gasteiger partial charge in [-0.3, -0.25) is 0 Å². The van der Waals surface area contributed by atoms with Crippen molar-refractivity contribution >= 4 is 22.8 Å². The Morgan fingerprint density at radius 2 is 2.00 bits per heavy atom. The molecule has 29 heavy (non-hydrogen) atoms. The maximum absolute atomic E-state index is 13.2. The summed E-state index contributed by atoms with van der Waals surface area (Å²) in [5.41, 5.74) is 3.79. The summed E-state index contributed by atoms with van der Waals surface area (Å²) >= 11 is 1.76. The van der Waals surface area contributed by atoms with Gasteiger partial charge in [-0.05, 0) is 40.8 Å². The zero-order valence-electron chi connectivity index (χ0n) is 16.8. The van der Waals surface area contributed by atoms with Gasteiger partial charge in [-0.2, -0.15) is 0 Å². The van der Waals surface area contributed by atoms with Crippen molar-refractivity contribution in [1.29, 1.82) is 0 Å². The first-order valence-electron chi connectivity index (χ1n) is 9.77. The second-order valence-electron chi connectivity index (χ2n) is 7.45. The predicted octanol–water partition coefficient (Wildman–Crippen LogP) is 5.03. The van der Waals surface area contributed by atoms with Crippen LogP contribution in [0.1, 0.15) is 25.5 Å². The lowest BCUT2D eigenvalue weighted by Crippen LogP contribution is -2.44. The molecule has 4 nitrogen and oxygen atoms in total. The number of ether oxygens (including phenoxy) is 1. The molecule has 0 spiro atoms. The van der Waals surface area contributed by atoms with E-state index >= 15 is 0 Å². The van der Waals surface area contributed by atoms with Gasteiger partial charge in [0.15, 0.2) is 0 Å². The molecule has 2 heterocycles. The van der Waals surface area contributed by atoms with Crippen LogP contribution in [-0.2, 0) is 0 Å². The first kappa shape index (κ1) is 20.0. The van der Waals surface area contributed by atoms with Crippen LogP contribution in [0.4, 0.5) is 8.78 Å². The summed E-state index contributed by atoms with van der Waals surface area (Å²) in [5.74, 6) is -0.936. The second-order valence-corrected chi connectivity index (χ2v) is 8.79. The number of fused-ring (bicyclic) bond motifs is 1. The van der Waals surface area contributed by atoms with Crippen LogP contribution in [0.5, 0.6) is 5.75 Å². The van der Waals surface area contributed by atoms with E-state index in [1.165, 1.54) is 0 Å². The van der Waals surface area contributed by atoms with Crippen molar-refractivity contribution in [3.63, 3.8) is 0 Å². The molecule has 0 unspecified atom stereocenters. The molecule has 1 aliphatic rings. The van der Waals surface area contributed by atoms with Gasteiger partial charge in [-0.15, -0.1) is 11.8 Å². The minimum atomic E-state index is -2.53. The lowest BCUT2D eigenvalue weighted by Gasteiger charge is -2.34. The van der Waals surface area contributed by atoms with Gasteiger partial charge in [0.05, 0.1) is 18.2 Å². The van der Waals surface area contributed by atoms with Crippen molar-refractivity contribution in [2.45, 2.75) is 37.5 Å². The molecule has 0 bridgehead atoms. The van der Waals surface area contributed by atoms with E-state index in [0.717, 1.165) is 44.3 Å². The molecule has 1 fully saturated rings. The zero-order valence-corrected chi connectivity index (χ0v) is 17.6. The number of benzene rings is 1. The van der Waals surface area contributed by atoms with E-state index in [9.17, 15) is 8.78 Å². The van der Waals surface area contributed by atoms with E-state index < -0.39 is 5.92 Å². The number of hydrogen-bond donors (Lipinski definition) is 1. The van der Waals surface area contributed by atoms with Crippen LogP contribution in [0.3, 0.4) is 0 Å². The summed E-state index contributed by atoms with van der Waals surface area (Å²) in [6.07, 6.45) is 1.70. The quantitative estimate of drug-likeness (QED) is 0.431. The minimum Gasteiger partial charge on any atom is -0.493 e. The van der Waals surface area contributed by atoms with Gasteiger partial charge >= 0.3 is 5.65 Å². The summed E-state index contributed by atoms with van der Waals surface area (Å²) in [6, 6.07) is 10.2. The molecule has 0 amide bonds. The van der Waals surface area contributed by atoms with Gasteiger partial charge in [0, 0.05) is 41.7 Å². The van der Waals surface area contributed by atoms with E-state index in [0.29, 0.717) is 6.61 Å². The zero-order chi connectivity index (χ0) is 20.6. The van der Waals surface area contributed by atoms with E-state index in [1.807, 2.05) is 31.3 Å². The molecular weight excluding hydrogens is 394 g/mol. The molecule has 3 aromatic rings. The molecular formula is C22H25F2N2O2S+. The molecule has 0 atom stereocenters. The smallest absolute Gasteiger partial charge is 0.326 e. The van der Waals surface area contributed by atoms with Crippen LogP contribution in [0.25, 0.3) is 22.2 Å². The van der Waals surface area contributed by atoms with E-state index in [4.69, 9.17) is 9.57 Å². The van der Waals surface area contributed by atoms with Crippen LogP contribution >= 0.6 is 11.8 Å². The van der Waals surface area contributed by atoms with Gasteiger partial charge in [-0.1, -0.05) is 6.92 Å². The predicted molar refractivity (Wildman–Crippen MR) is 111 cm³/mol. The molecule has 154 valence electrons. The lowest BCUT2D eigenvalue weighted by molar-refractivity contribution is -0.870. The standard InChI is InChI=1S/C22H24F2N2O2S/c1-4-29-16-5-6-20(28-13-15-11-22(23,24)12-15)19(10-16)18-9-14(2)26(27-3)21-17(18)7-8-25-21/h5-10,15H,4,11-13H2,1-3H3/p+1. The Morgan fingerprint density at radius 1 is 1.21 bits per heavy atom. The molecule has 0 radical (unpaired) electrons. The number of halogens is 2. The first-order chi connectivity index (χ1) is 13.9. The normalized spacial score (nSPS) is 16.0. The first-order valence-corrected chi connectivity index (χ1v) is 10.8. The third-order valence-electron chi connectivity index (χ3n) is 5.28. The van der Waals surface area contributed by atoms with Gasteiger partial charge in [0.1, 0.15) is 18.6 Å². The third kappa shape index (κ3) is 3.92. The summed E-state index contributed by atoms with van der Waals surface area (Å²) in [5, 5.41) is 1.01. The number of pyridine rings is 1. The van der Waals surface area contributed by atoms with Crippen molar-refractivity contribution in [3.8, 4) is 16.9 Å².